The number of aromatic nitrogens is 2. The van der Waals surface area contributed by atoms with Crippen molar-refractivity contribution >= 4 is 34.5 Å². The molecule has 8 heteroatoms. The molecule has 1 amide bonds. The topological polar surface area (TPSA) is 90.3 Å². The normalized spacial score (nSPS) is 13.1. The van der Waals surface area contributed by atoms with Crippen molar-refractivity contribution in [3.05, 3.63) is 34.6 Å². The van der Waals surface area contributed by atoms with Crippen LogP contribution in [0.4, 0.5) is 0 Å². The van der Waals surface area contributed by atoms with E-state index >= 15 is 0 Å². The molecule has 0 radical (unpaired) electrons. The summed E-state index contributed by atoms with van der Waals surface area (Å²) in [5, 5.41) is 3.80. The first-order valence-corrected chi connectivity index (χ1v) is 10.4. The fourth-order valence-corrected chi connectivity index (χ4v) is 3.66. The molecule has 0 fully saturated rings. The quantitative estimate of drug-likeness (QED) is 0.392. The smallest absolute Gasteiger partial charge is 0.328 e. The summed E-state index contributed by atoms with van der Waals surface area (Å²) in [6.45, 7) is 6.34. The maximum Gasteiger partial charge on any atom is 0.328 e. The molecule has 1 aromatic carbocycles. The molecule has 152 valence electrons. The van der Waals surface area contributed by atoms with Crippen molar-refractivity contribution in [1.29, 1.82) is 0 Å². The maximum atomic E-state index is 12.8. The second kappa shape index (κ2) is 10.3. The number of benzene rings is 1. The van der Waals surface area contributed by atoms with Crippen molar-refractivity contribution in [3.63, 3.8) is 0 Å². The van der Waals surface area contributed by atoms with Gasteiger partial charge < -0.3 is 10.1 Å². The molecule has 2 atom stereocenters. The van der Waals surface area contributed by atoms with Crippen LogP contribution in [-0.2, 0) is 20.9 Å². The summed E-state index contributed by atoms with van der Waals surface area (Å²) in [6, 6.07) is 6.49. The Kier molecular flexibility index (Phi) is 8.04. The number of methoxy groups -OCH3 is 1. The first-order valence-electron chi connectivity index (χ1n) is 9.42. The van der Waals surface area contributed by atoms with E-state index in [1.165, 1.54) is 18.9 Å². The van der Waals surface area contributed by atoms with E-state index in [2.05, 4.69) is 10.3 Å². The highest BCUT2D eigenvalue weighted by molar-refractivity contribution is 7.99. The van der Waals surface area contributed by atoms with Gasteiger partial charge in [-0.2, -0.15) is 0 Å². The largest absolute Gasteiger partial charge is 0.467 e. The Morgan fingerprint density at radius 3 is 2.64 bits per heavy atom. The van der Waals surface area contributed by atoms with E-state index in [1.54, 1.807) is 16.7 Å². The average Bonchev–Trinajstić information content (AvgIpc) is 2.71. The maximum absolute atomic E-state index is 12.8. The average molecular weight is 406 g/mol. The number of nitrogens with zero attached hydrogens (tertiary/aromatic N) is 2. The molecule has 1 heterocycles. The molecule has 0 aliphatic rings. The fourth-order valence-electron chi connectivity index (χ4n) is 2.82. The highest BCUT2D eigenvalue weighted by atomic mass is 32.2. The molecule has 2 aromatic rings. The van der Waals surface area contributed by atoms with E-state index in [-0.39, 0.29) is 23.1 Å². The Hall–Kier alpha value is -2.35. The van der Waals surface area contributed by atoms with Gasteiger partial charge >= 0.3 is 5.97 Å². The van der Waals surface area contributed by atoms with Crippen molar-refractivity contribution in [1.82, 2.24) is 14.9 Å². The molecular weight excluding hydrogens is 378 g/mol. The van der Waals surface area contributed by atoms with Crippen molar-refractivity contribution in [3.8, 4) is 0 Å². The Morgan fingerprint density at radius 1 is 1.29 bits per heavy atom. The van der Waals surface area contributed by atoms with E-state index in [1.807, 2.05) is 32.9 Å². The van der Waals surface area contributed by atoms with Crippen LogP contribution in [0.5, 0.6) is 0 Å². The van der Waals surface area contributed by atoms with Crippen molar-refractivity contribution < 1.29 is 14.3 Å². The van der Waals surface area contributed by atoms with Crippen LogP contribution >= 0.6 is 11.8 Å². The number of thioether (sulfide) groups is 1. The van der Waals surface area contributed by atoms with Crippen molar-refractivity contribution in [2.24, 2.45) is 5.92 Å². The number of amides is 1. The zero-order valence-electron chi connectivity index (χ0n) is 16.7. The lowest BCUT2D eigenvalue weighted by atomic mass is 9.99. The first kappa shape index (κ1) is 21.9. The van der Waals surface area contributed by atoms with Gasteiger partial charge in [-0.15, -0.1) is 0 Å². The molecule has 2 rings (SSSR count). The van der Waals surface area contributed by atoms with E-state index in [0.717, 1.165) is 12.8 Å². The minimum absolute atomic E-state index is 0.0431. The summed E-state index contributed by atoms with van der Waals surface area (Å²) < 4.78 is 6.40. The number of carbonyl (C=O) groups is 2. The number of rotatable bonds is 9. The highest BCUT2D eigenvalue weighted by Crippen LogP contribution is 2.18. The number of esters is 1. The van der Waals surface area contributed by atoms with Crippen LogP contribution in [0.2, 0.25) is 0 Å². The molecule has 0 bridgehead atoms. The zero-order chi connectivity index (χ0) is 20.7. The molecule has 0 saturated carbocycles. The molecule has 0 saturated heterocycles. The summed E-state index contributed by atoms with van der Waals surface area (Å²) in [7, 11) is 1.31. The minimum atomic E-state index is -0.689. The molecule has 0 unspecified atom stereocenters. The number of fused-ring (bicyclic) bond motifs is 1. The predicted molar refractivity (Wildman–Crippen MR) is 110 cm³/mol. The summed E-state index contributed by atoms with van der Waals surface area (Å²) in [4.78, 5) is 41.7. The zero-order valence-corrected chi connectivity index (χ0v) is 17.5. The monoisotopic (exact) mass is 405 g/mol. The molecule has 1 aromatic heterocycles. The minimum Gasteiger partial charge on any atom is -0.467 e. The van der Waals surface area contributed by atoms with Gasteiger partial charge in [-0.05, 0) is 24.5 Å². The lowest BCUT2D eigenvalue weighted by Crippen LogP contribution is -2.46. The second-order valence-electron chi connectivity index (χ2n) is 6.61. The number of nitrogens with one attached hydrogen (secondary N) is 1. The molecule has 0 aliphatic heterocycles. The van der Waals surface area contributed by atoms with Gasteiger partial charge in [-0.25, -0.2) is 9.78 Å². The lowest BCUT2D eigenvalue weighted by molar-refractivity contribution is -0.146. The van der Waals surface area contributed by atoms with E-state index in [0.29, 0.717) is 22.6 Å². The van der Waals surface area contributed by atoms with Gasteiger partial charge in [0, 0.05) is 6.54 Å². The predicted octanol–water partition coefficient (Wildman–Crippen LogP) is 2.60. The molecule has 0 spiro atoms. The summed E-state index contributed by atoms with van der Waals surface area (Å²) >= 11 is 1.19. The molecular formula is C20H27N3O4S. The molecule has 7 nitrogen and oxygen atoms in total. The van der Waals surface area contributed by atoms with Gasteiger partial charge in [0.2, 0.25) is 5.91 Å². The SMILES string of the molecule is CCCn1c(SCC(=O)N[C@H](C(=O)OC)[C@H](C)CC)nc2ccccc2c1=O. The molecule has 0 aliphatic carbocycles. The Bertz CT molecular complexity index is 897. The number of para-hydroxylation sites is 1. The second-order valence-corrected chi connectivity index (χ2v) is 7.55. The third-order valence-electron chi connectivity index (χ3n) is 4.59. The van der Waals surface area contributed by atoms with Crippen LogP contribution < -0.4 is 10.9 Å². The van der Waals surface area contributed by atoms with E-state index in [4.69, 9.17) is 4.74 Å². The van der Waals surface area contributed by atoms with Crippen LogP contribution in [0, 0.1) is 5.92 Å². The van der Waals surface area contributed by atoms with E-state index < -0.39 is 12.0 Å². The fraction of sp³-hybridized carbons (Fsp3) is 0.500. The van der Waals surface area contributed by atoms with Gasteiger partial charge in [0.25, 0.3) is 5.56 Å². The molecule has 1 N–H and O–H groups in total. The summed E-state index contributed by atoms with van der Waals surface area (Å²) in [6.07, 6.45) is 1.51. The van der Waals surface area contributed by atoms with Crippen molar-refractivity contribution in [2.75, 3.05) is 12.9 Å². The van der Waals surface area contributed by atoms with Crippen LogP contribution in [-0.4, -0.2) is 40.3 Å². The molecule has 28 heavy (non-hydrogen) atoms. The van der Waals surface area contributed by atoms with Gasteiger partial charge in [0.1, 0.15) is 6.04 Å². The Labute approximate surface area is 168 Å². The van der Waals surface area contributed by atoms with Crippen molar-refractivity contribution in [2.45, 2.75) is 51.4 Å². The van der Waals surface area contributed by atoms with Crippen LogP contribution in [0.15, 0.2) is 34.2 Å². The van der Waals surface area contributed by atoms with Crippen LogP contribution in [0.3, 0.4) is 0 Å². The third-order valence-corrected chi connectivity index (χ3v) is 5.57. The number of hydrogen-bond acceptors (Lipinski definition) is 6. The van der Waals surface area contributed by atoms with Gasteiger partial charge in [0.05, 0.1) is 23.8 Å². The van der Waals surface area contributed by atoms with E-state index in [9.17, 15) is 14.4 Å². The number of hydrogen-bond donors (Lipinski definition) is 1. The third kappa shape index (κ3) is 5.13. The Morgan fingerprint density at radius 2 is 2.00 bits per heavy atom. The first-order chi connectivity index (χ1) is 13.4. The standard InChI is InChI=1S/C20H27N3O4S/c1-5-11-23-18(25)14-9-7-8-10-15(14)21-20(23)28-12-16(24)22-17(13(3)6-2)19(26)27-4/h7-10,13,17H,5-6,11-12H2,1-4H3,(H,22,24)/t13-,17+/m1/s1. The highest BCUT2D eigenvalue weighted by Gasteiger charge is 2.26. The lowest BCUT2D eigenvalue weighted by Gasteiger charge is -2.21. The summed E-state index contributed by atoms with van der Waals surface area (Å²) in [5.41, 5.74) is 0.497. The van der Waals surface area contributed by atoms with Gasteiger partial charge in [-0.3, -0.25) is 14.2 Å². The van der Waals surface area contributed by atoms with Gasteiger partial charge in [-0.1, -0.05) is 51.1 Å². The van der Waals surface area contributed by atoms with Crippen LogP contribution in [0.25, 0.3) is 10.9 Å². The summed E-state index contributed by atoms with van der Waals surface area (Å²) in [5.74, 6) is -0.748. The Balaban J connectivity index is 2.20. The van der Waals surface area contributed by atoms with Crippen LogP contribution in [0.1, 0.15) is 33.6 Å². The number of carbonyl (C=O) groups excluding carboxylic acids is 2. The van der Waals surface area contributed by atoms with Gasteiger partial charge in [0.15, 0.2) is 5.16 Å². The number of ether oxygens (including phenoxy) is 1.